The summed E-state index contributed by atoms with van der Waals surface area (Å²) in [5, 5.41) is 2.58. The first-order valence-electron chi connectivity index (χ1n) is 6.23. The zero-order valence-electron chi connectivity index (χ0n) is 11.4. The molecule has 1 aliphatic heterocycles. The summed E-state index contributed by atoms with van der Waals surface area (Å²) in [4.78, 5) is 25.1. The Hall–Kier alpha value is -2.04. The summed E-state index contributed by atoms with van der Waals surface area (Å²) in [7, 11) is 1.60. The van der Waals surface area contributed by atoms with Crippen molar-refractivity contribution in [3.05, 3.63) is 29.3 Å². The van der Waals surface area contributed by atoms with Crippen molar-refractivity contribution in [3.8, 4) is 5.75 Å². The van der Waals surface area contributed by atoms with Gasteiger partial charge < -0.3 is 15.0 Å². The summed E-state index contributed by atoms with van der Waals surface area (Å²) >= 11 is 0. The van der Waals surface area contributed by atoms with Crippen molar-refractivity contribution in [1.82, 2.24) is 10.2 Å². The van der Waals surface area contributed by atoms with E-state index < -0.39 is 6.04 Å². The number of methoxy groups -OCH3 is 1. The molecular weight excluding hydrogens is 244 g/mol. The molecule has 19 heavy (non-hydrogen) atoms. The molecule has 0 saturated carbocycles. The van der Waals surface area contributed by atoms with Gasteiger partial charge in [0.15, 0.2) is 0 Å². The van der Waals surface area contributed by atoms with E-state index in [1.54, 1.807) is 18.9 Å². The number of carbonyl (C=O) groups is 2. The summed E-state index contributed by atoms with van der Waals surface area (Å²) < 4.78 is 5.30. The Morgan fingerprint density at radius 3 is 2.84 bits per heavy atom. The maximum atomic E-state index is 11.9. The topological polar surface area (TPSA) is 58.6 Å². The molecule has 1 atom stereocenters. The van der Waals surface area contributed by atoms with Crippen LogP contribution in [0.2, 0.25) is 0 Å². The second-order valence-corrected chi connectivity index (χ2v) is 4.73. The highest BCUT2D eigenvalue weighted by Crippen LogP contribution is 2.23. The Labute approximate surface area is 112 Å². The van der Waals surface area contributed by atoms with Gasteiger partial charge in [0.2, 0.25) is 11.8 Å². The van der Waals surface area contributed by atoms with Crippen LogP contribution < -0.4 is 10.1 Å². The third kappa shape index (κ3) is 2.70. The van der Waals surface area contributed by atoms with Crippen LogP contribution in [-0.2, 0) is 16.1 Å². The Balaban J connectivity index is 2.26. The first kappa shape index (κ1) is 13.4. The predicted molar refractivity (Wildman–Crippen MR) is 70.8 cm³/mol. The van der Waals surface area contributed by atoms with Crippen LogP contribution in [0.25, 0.3) is 0 Å². The maximum absolute atomic E-state index is 11.9. The average molecular weight is 262 g/mol. The number of carbonyl (C=O) groups excluding carboxylic acids is 2. The second kappa shape index (κ2) is 5.30. The number of hydrogen-bond donors (Lipinski definition) is 1. The lowest BCUT2D eigenvalue weighted by atomic mass is 10.1. The fourth-order valence-electron chi connectivity index (χ4n) is 2.21. The number of ether oxygens (including phenoxy) is 1. The molecule has 1 aliphatic rings. The number of benzene rings is 1. The predicted octanol–water partition coefficient (Wildman–Crippen LogP) is 0.851. The normalized spacial score (nSPS) is 19.3. The smallest absolute Gasteiger partial charge is 0.242 e. The number of rotatable bonds is 3. The van der Waals surface area contributed by atoms with E-state index >= 15 is 0 Å². The van der Waals surface area contributed by atoms with Crippen molar-refractivity contribution >= 4 is 11.8 Å². The molecular formula is C14H18N2O3. The van der Waals surface area contributed by atoms with Gasteiger partial charge in [0, 0.05) is 5.56 Å². The summed E-state index contributed by atoms with van der Waals surface area (Å²) in [5.74, 6) is 0.540. The van der Waals surface area contributed by atoms with Crippen molar-refractivity contribution in [1.29, 1.82) is 0 Å². The Bertz CT molecular complexity index is 513. The molecule has 1 saturated heterocycles. The zero-order chi connectivity index (χ0) is 14.0. The van der Waals surface area contributed by atoms with Crippen LogP contribution in [-0.4, -0.2) is 36.4 Å². The molecule has 0 aromatic heterocycles. The summed E-state index contributed by atoms with van der Waals surface area (Å²) in [6.45, 7) is 4.17. The van der Waals surface area contributed by atoms with Gasteiger partial charge in [-0.1, -0.05) is 17.7 Å². The lowest BCUT2D eigenvalue weighted by Crippen LogP contribution is -2.56. The van der Waals surface area contributed by atoms with Gasteiger partial charge >= 0.3 is 0 Å². The molecule has 2 amide bonds. The molecule has 0 spiro atoms. The van der Waals surface area contributed by atoms with Gasteiger partial charge in [-0.15, -0.1) is 0 Å². The van der Waals surface area contributed by atoms with Crippen molar-refractivity contribution in [2.75, 3.05) is 13.7 Å². The molecule has 1 unspecified atom stereocenters. The van der Waals surface area contributed by atoms with Crippen LogP contribution in [0.1, 0.15) is 18.1 Å². The summed E-state index contributed by atoms with van der Waals surface area (Å²) in [5.41, 5.74) is 2.01. The van der Waals surface area contributed by atoms with Crippen molar-refractivity contribution in [2.24, 2.45) is 0 Å². The Morgan fingerprint density at radius 2 is 2.16 bits per heavy atom. The van der Waals surface area contributed by atoms with Gasteiger partial charge in [0.05, 0.1) is 20.2 Å². The minimum absolute atomic E-state index is 0.0668. The number of aryl methyl sites for hydroxylation is 1. The van der Waals surface area contributed by atoms with E-state index in [-0.39, 0.29) is 18.4 Å². The number of nitrogens with one attached hydrogen (secondary N) is 1. The van der Waals surface area contributed by atoms with Gasteiger partial charge in [-0.25, -0.2) is 0 Å². The summed E-state index contributed by atoms with van der Waals surface area (Å²) in [6, 6.07) is 5.36. The number of amides is 2. The van der Waals surface area contributed by atoms with Crippen LogP contribution in [0.3, 0.4) is 0 Å². The van der Waals surface area contributed by atoms with Crippen molar-refractivity contribution < 1.29 is 14.3 Å². The highest BCUT2D eigenvalue weighted by atomic mass is 16.5. The van der Waals surface area contributed by atoms with Gasteiger partial charge in [0.1, 0.15) is 11.8 Å². The lowest BCUT2D eigenvalue weighted by molar-refractivity contribution is -0.145. The second-order valence-electron chi connectivity index (χ2n) is 4.73. The molecule has 0 radical (unpaired) electrons. The van der Waals surface area contributed by atoms with E-state index in [4.69, 9.17) is 4.74 Å². The van der Waals surface area contributed by atoms with Crippen LogP contribution in [0.5, 0.6) is 5.75 Å². The van der Waals surface area contributed by atoms with E-state index in [0.29, 0.717) is 6.54 Å². The standard InChI is InChI=1S/C14H18N2O3/c1-9-4-5-12(19-3)11(6-9)8-16-10(2)14(18)15-7-13(16)17/h4-6,10H,7-8H2,1-3H3,(H,15,18). The first-order chi connectivity index (χ1) is 9.02. The molecule has 5 heteroatoms. The fraction of sp³-hybridized carbons (Fsp3) is 0.429. The molecule has 1 aromatic carbocycles. The van der Waals surface area contributed by atoms with E-state index in [2.05, 4.69) is 5.32 Å². The molecule has 1 fully saturated rings. The van der Waals surface area contributed by atoms with Crippen molar-refractivity contribution in [2.45, 2.75) is 26.4 Å². The molecule has 0 bridgehead atoms. The van der Waals surface area contributed by atoms with Crippen molar-refractivity contribution in [3.63, 3.8) is 0 Å². The van der Waals surface area contributed by atoms with E-state index in [0.717, 1.165) is 16.9 Å². The number of piperazine rings is 1. The minimum atomic E-state index is -0.452. The van der Waals surface area contributed by atoms with E-state index in [9.17, 15) is 9.59 Å². The molecule has 1 N–H and O–H groups in total. The molecule has 102 valence electrons. The Kier molecular flexibility index (Phi) is 3.74. The fourth-order valence-corrected chi connectivity index (χ4v) is 2.21. The van der Waals surface area contributed by atoms with Crippen LogP contribution in [0.4, 0.5) is 0 Å². The minimum Gasteiger partial charge on any atom is -0.496 e. The molecule has 2 rings (SSSR count). The van der Waals surface area contributed by atoms with Gasteiger partial charge in [-0.2, -0.15) is 0 Å². The highest BCUT2D eigenvalue weighted by molar-refractivity contribution is 5.94. The Morgan fingerprint density at radius 1 is 1.42 bits per heavy atom. The van der Waals surface area contributed by atoms with Gasteiger partial charge in [-0.05, 0) is 19.9 Å². The van der Waals surface area contributed by atoms with E-state index in [1.165, 1.54) is 0 Å². The largest absolute Gasteiger partial charge is 0.496 e. The quantitative estimate of drug-likeness (QED) is 0.878. The maximum Gasteiger partial charge on any atom is 0.242 e. The van der Waals surface area contributed by atoms with Gasteiger partial charge in [-0.3, -0.25) is 9.59 Å². The van der Waals surface area contributed by atoms with Gasteiger partial charge in [0.25, 0.3) is 0 Å². The zero-order valence-corrected chi connectivity index (χ0v) is 11.4. The number of nitrogens with zero attached hydrogens (tertiary/aromatic N) is 1. The third-order valence-corrected chi connectivity index (χ3v) is 3.36. The average Bonchev–Trinajstić information content (AvgIpc) is 2.39. The van der Waals surface area contributed by atoms with Crippen LogP contribution >= 0.6 is 0 Å². The first-order valence-corrected chi connectivity index (χ1v) is 6.23. The molecule has 5 nitrogen and oxygen atoms in total. The summed E-state index contributed by atoms with van der Waals surface area (Å²) in [6.07, 6.45) is 0. The molecule has 0 aliphatic carbocycles. The molecule has 1 aromatic rings. The highest BCUT2D eigenvalue weighted by Gasteiger charge is 2.31. The van der Waals surface area contributed by atoms with Crippen LogP contribution in [0.15, 0.2) is 18.2 Å². The monoisotopic (exact) mass is 262 g/mol. The third-order valence-electron chi connectivity index (χ3n) is 3.36. The number of hydrogen-bond acceptors (Lipinski definition) is 3. The SMILES string of the molecule is COc1ccc(C)cc1CN1C(=O)CNC(=O)C1C. The lowest BCUT2D eigenvalue weighted by Gasteiger charge is -2.33. The molecule has 1 heterocycles. The van der Waals surface area contributed by atoms with E-state index in [1.807, 2.05) is 25.1 Å². The van der Waals surface area contributed by atoms with Crippen LogP contribution in [0, 0.1) is 6.92 Å².